The lowest BCUT2D eigenvalue weighted by molar-refractivity contribution is -0.136. The quantitative estimate of drug-likeness (QED) is 0.176. The van der Waals surface area contributed by atoms with Crippen LogP contribution in [0.25, 0.3) is 16.7 Å². The fourth-order valence-electron chi connectivity index (χ4n) is 5.52. The van der Waals surface area contributed by atoms with Gasteiger partial charge in [0.25, 0.3) is 0 Å². The second-order valence-electron chi connectivity index (χ2n) is 11.1. The molecule has 0 radical (unpaired) electrons. The Bertz CT molecular complexity index is 2070. The second-order valence-corrected chi connectivity index (χ2v) is 11.1. The van der Waals surface area contributed by atoms with Gasteiger partial charge in [-0.15, -0.1) is 0 Å². The van der Waals surface area contributed by atoms with Gasteiger partial charge in [0.05, 0.1) is 17.5 Å². The van der Waals surface area contributed by atoms with Gasteiger partial charge in [-0.25, -0.2) is 4.79 Å². The summed E-state index contributed by atoms with van der Waals surface area (Å²) in [6, 6.07) is 34.6. The molecule has 0 fully saturated rings. The summed E-state index contributed by atoms with van der Waals surface area (Å²) in [5, 5.41) is 9.17. The minimum atomic E-state index is -0.866. The zero-order valence-electron chi connectivity index (χ0n) is 25.9. The van der Waals surface area contributed by atoms with Crippen LogP contribution in [0.3, 0.4) is 0 Å². The summed E-state index contributed by atoms with van der Waals surface area (Å²) in [7, 11) is 3.69. The van der Waals surface area contributed by atoms with Crippen molar-refractivity contribution in [1.82, 2.24) is 14.1 Å². The van der Waals surface area contributed by atoms with E-state index < -0.39 is 5.97 Å². The van der Waals surface area contributed by atoms with Crippen molar-refractivity contribution in [3.05, 3.63) is 142 Å². The number of carbonyl (C=O) groups is 1. The Morgan fingerprint density at radius 1 is 0.804 bits per heavy atom. The molecule has 0 aliphatic heterocycles. The maximum Gasteiger partial charge on any atom is 0.333 e. The van der Waals surface area contributed by atoms with Gasteiger partial charge in [0.1, 0.15) is 18.9 Å². The van der Waals surface area contributed by atoms with Gasteiger partial charge in [0.15, 0.2) is 0 Å². The molecule has 6 rings (SSSR count). The Balaban J connectivity index is 1.36. The molecule has 0 saturated carbocycles. The number of nitrogens with zero attached hydrogens (tertiary/aromatic N) is 4. The number of fused-ring (bicyclic) bond motifs is 1. The summed E-state index contributed by atoms with van der Waals surface area (Å²) in [6.45, 7) is 2.57. The molecule has 0 aliphatic carbocycles. The van der Waals surface area contributed by atoms with Crippen LogP contribution in [0.4, 0.5) is 11.4 Å². The molecule has 6 aromatic rings. The van der Waals surface area contributed by atoms with Crippen molar-refractivity contribution in [2.75, 3.05) is 11.9 Å². The highest BCUT2D eigenvalue weighted by atomic mass is 16.5. The van der Waals surface area contributed by atoms with Crippen molar-refractivity contribution in [1.29, 1.82) is 0 Å². The third kappa shape index (κ3) is 6.34. The van der Waals surface area contributed by atoms with Gasteiger partial charge in [-0.05, 0) is 59.5 Å². The molecule has 46 heavy (non-hydrogen) atoms. The summed E-state index contributed by atoms with van der Waals surface area (Å²) < 4.78 is 15.5. The van der Waals surface area contributed by atoms with Crippen molar-refractivity contribution in [2.45, 2.75) is 26.6 Å². The lowest BCUT2D eigenvalue weighted by Gasteiger charge is -2.22. The number of aryl methyl sites for hydroxylation is 2. The molecule has 0 spiro atoms. The average Bonchev–Trinajstić information content (AvgIpc) is 3.31. The van der Waals surface area contributed by atoms with Gasteiger partial charge in [0, 0.05) is 31.5 Å². The Morgan fingerprint density at radius 2 is 1.48 bits per heavy atom. The fraction of sp³-hybridized carbons (Fsp3) is 0.162. The van der Waals surface area contributed by atoms with Gasteiger partial charge in [-0.1, -0.05) is 72.8 Å². The van der Waals surface area contributed by atoms with Crippen LogP contribution in [0.2, 0.25) is 0 Å². The van der Waals surface area contributed by atoms with Crippen LogP contribution in [-0.2, 0) is 31.5 Å². The van der Waals surface area contributed by atoms with Crippen molar-refractivity contribution in [2.24, 2.45) is 7.05 Å². The van der Waals surface area contributed by atoms with E-state index in [0.717, 1.165) is 39.1 Å². The van der Waals surface area contributed by atoms with E-state index in [4.69, 9.17) is 19.6 Å². The first-order chi connectivity index (χ1) is 22.3. The molecule has 0 amide bonds. The van der Waals surface area contributed by atoms with Crippen molar-refractivity contribution in [3.8, 4) is 17.4 Å². The summed E-state index contributed by atoms with van der Waals surface area (Å²) in [5.41, 5.74) is 7.17. The van der Waals surface area contributed by atoms with Crippen LogP contribution in [0.1, 0.15) is 22.3 Å². The van der Waals surface area contributed by atoms with Crippen LogP contribution in [0.15, 0.2) is 114 Å². The molecule has 232 valence electrons. The summed E-state index contributed by atoms with van der Waals surface area (Å²) in [6.07, 6.45) is -0.0293. The van der Waals surface area contributed by atoms with E-state index in [2.05, 4.69) is 0 Å². The van der Waals surface area contributed by atoms with Crippen molar-refractivity contribution in [3.63, 3.8) is 0 Å². The molecule has 2 aromatic heterocycles. The zero-order valence-corrected chi connectivity index (χ0v) is 25.9. The van der Waals surface area contributed by atoms with Gasteiger partial charge in [-0.3, -0.25) is 13.9 Å². The lowest BCUT2D eigenvalue weighted by atomic mass is 10.1. The molecule has 4 aromatic carbocycles. The standard InChI is InChI=1S/C37H34N4O5/c1-25-20-28(21-35(42)43)14-16-30(25)39(2)29-15-17-31-33(22-29)40(3)37(44)41(31)32-18-19-34(45-23-26-10-6-4-7-11-26)38-36(32)46-24-27-12-8-5-9-13-27/h4-20,22H,21,23-24H2,1-3H3,(H,42,43). The van der Waals surface area contributed by atoms with Gasteiger partial charge in [0.2, 0.25) is 11.8 Å². The Hall–Kier alpha value is -5.83. The highest BCUT2D eigenvalue weighted by Crippen LogP contribution is 2.32. The number of aliphatic carboxylic acids is 1. The third-order valence-electron chi connectivity index (χ3n) is 7.91. The van der Waals surface area contributed by atoms with Crippen LogP contribution in [0, 0.1) is 6.92 Å². The van der Waals surface area contributed by atoms with Crippen molar-refractivity contribution < 1.29 is 19.4 Å². The highest BCUT2D eigenvalue weighted by Gasteiger charge is 2.20. The molecule has 0 unspecified atom stereocenters. The maximum atomic E-state index is 13.8. The van der Waals surface area contributed by atoms with Crippen LogP contribution in [0.5, 0.6) is 11.8 Å². The number of aromatic nitrogens is 3. The highest BCUT2D eigenvalue weighted by molar-refractivity contribution is 5.84. The van der Waals surface area contributed by atoms with Gasteiger partial charge in [-0.2, -0.15) is 4.98 Å². The predicted molar refractivity (Wildman–Crippen MR) is 178 cm³/mol. The van der Waals surface area contributed by atoms with E-state index >= 15 is 0 Å². The molecule has 0 saturated heterocycles. The molecular weight excluding hydrogens is 580 g/mol. The van der Waals surface area contributed by atoms with Crippen molar-refractivity contribution >= 4 is 28.4 Å². The predicted octanol–water partition coefficient (Wildman–Crippen LogP) is 6.59. The van der Waals surface area contributed by atoms with Crippen LogP contribution >= 0.6 is 0 Å². The first kappa shape index (κ1) is 30.2. The number of imidazole rings is 1. The number of carboxylic acid groups (broad SMARTS) is 1. The smallest absolute Gasteiger partial charge is 0.333 e. The number of hydrogen-bond acceptors (Lipinski definition) is 6. The molecule has 0 bridgehead atoms. The van der Waals surface area contributed by atoms with E-state index in [1.54, 1.807) is 28.3 Å². The first-order valence-corrected chi connectivity index (χ1v) is 14.9. The Kier molecular flexibility index (Phi) is 8.56. The summed E-state index contributed by atoms with van der Waals surface area (Å²) >= 11 is 0. The minimum Gasteiger partial charge on any atom is -0.481 e. The number of pyridine rings is 1. The number of rotatable bonds is 11. The van der Waals surface area contributed by atoms with E-state index in [0.29, 0.717) is 23.7 Å². The van der Waals surface area contributed by atoms with Gasteiger partial charge >= 0.3 is 11.7 Å². The minimum absolute atomic E-state index is 0.0293. The third-order valence-corrected chi connectivity index (χ3v) is 7.91. The normalized spacial score (nSPS) is 11.0. The zero-order chi connectivity index (χ0) is 32.2. The number of carboxylic acids is 1. The Morgan fingerprint density at radius 3 is 2.13 bits per heavy atom. The van der Waals surface area contributed by atoms with E-state index in [-0.39, 0.29) is 24.6 Å². The molecule has 0 aliphatic rings. The monoisotopic (exact) mass is 614 g/mol. The summed E-state index contributed by atoms with van der Waals surface area (Å²) in [5.74, 6) is -0.200. The van der Waals surface area contributed by atoms with E-state index in [9.17, 15) is 9.59 Å². The second kappa shape index (κ2) is 13.0. The largest absolute Gasteiger partial charge is 0.481 e. The number of anilines is 2. The lowest BCUT2D eigenvalue weighted by Crippen LogP contribution is -2.21. The molecule has 9 nitrogen and oxygen atoms in total. The number of hydrogen-bond donors (Lipinski definition) is 1. The van der Waals surface area contributed by atoms with Crippen LogP contribution < -0.4 is 20.1 Å². The fourth-order valence-corrected chi connectivity index (χ4v) is 5.52. The SMILES string of the molecule is Cc1cc(CC(=O)O)ccc1N(C)c1ccc2c(c1)n(C)c(=O)n2-c1ccc(OCc2ccccc2)nc1OCc1ccccc1. The van der Waals surface area contributed by atoms with E-state index in [1.807, 2.05) is 116 Å². The topological polar surface area (TPSA) is 98.8 Å². The molecule has 0 atom stereocenters. The average molecular weight is 615 g/mol. The molecule has 9 heteroatoms. The molecule has 1 N–H and O–H groups in total. The van der Waals surface area contributed by atoms with E-state index in [1.165, 1.54) is 0 Å². The number of benzene rings is 4. The molecule has 2 heterocycles. The number of ether oxygens (including phenoxy) is 2. The van der Waals surface area contributed by atoms with Crippen LogP contribution in [-0.4, -0.2) is 32.2 Å². The Labute approximate surface area is 266 Å². The van der Waals surface area contributed by atoms with Gasteiger partial charge < -0.3 is 19.5 Å². The first-order valence-electron chi connectivity index (χ1n) is 14.9. The maximum absolute atomic E-state index is 13.8. The summed E-state index contributed by atoms with van der Waals surface area (Å²) in [4.78, 5) is 31.7. The molecular formula is C37H34N4O5.